The van der Waals surface area contributed by atoms with Gasteiger partial charge in [0, 0.05) is 18.6 Å². The summed E-state index contributed by atoms with van der Waals surface area (Å²) in [5.74, 6) is 0.700. The van der Waals surface area contributed by atoms with Crippen LogP contribution in [0.5, 0.6) is 0 Å². The second-order valence-corrected chi connectivity index (χ2v) is 8.07. The minimum absolute atomic E-state index is 0. The molecule has 1 saturated heterocycles. The Hall–Kier alpha value is -0.0300. The first-order chi connectivity index (χ1) is 9.04. The van der Waals surface area contributed by atoms with Gasteiger partial charge in [-0.05, 0) is 44.6 Å². The molecule has 22 heavy (non-hydrogen) atoms. The van der Waals surface area contributed by atoms with E-state index in [4.69, 9.17) is 5.73 Å². The molecule has 0 saturated carbocycles. The lowest BCUT2D eigenvalue weighted by Gasteiger charge is -2.43. The lowest BCUT2D eigenvalue weighted by molar-refractivity contribution is -0.125. The molecule has 1 amide bonds. The van der Waals surface area contributed by atoms with Gasteiger partial charge in [0.25, 0.3) is 0 Å². The van der Waals surface area contributed by atoms with Crippen LogP contribution in [0.2, 0.25) is 0 Å². The van der Waals surface area contributed by atoms with E-state index in [-0.39, 0.29) is 41.7 Å². The average Bonchev–Trinajstić information content (AvgIpc) is 2.34. The van der Waals surface area contributed by atoms with E-state index in [1.54, 1.807) is 0 Å². The summed E-state index contributed by atoms with van der Waals surface area (Å²) in [6.45, 7) is 15.6. The largest absolute Gasteiger partial charge is 0.353 e. The zero-order chi connectivity index (χ0) is 15.6. The van der Waals surface area contributed by atoms with Gasteiger partial charge < -0.3 is 11.1 Å². The lowest BCUT2D eigenvalue weighted by atomic mass is 9.86. The van der Waals surface area contributed by atoms with E-state index in [1.165, 1.54) is 12.8 Å². The molecule has 0 bridgehead atoms. The Kier molecular flexibility index (Phi) is 10.3. The van der Waals surface area contributed by atoms with Crippen molar-refractivity contribution < 1.29 is 4.79 Å². The Morgan fingerprint density at radius 3 is 2.27 bits per heavy atom. The van der Waals surface area contributed by atoms with Gasteiger partial charge in [0.2, 0.25) is 5.91 Å². The van der Waals surface area contributed by atoms with Crippen LogP contribution in [-0.2, 0) is 4.79 Å². The van der Waals surface area contributed by atoms with Crippen molar-refractivity contribution in [3.05, 3.63) is 0 Å². The van der Waals surface area contributed by atoms with E-state index in [2.05, 4.69) is 31.0 Å². The van der Waals surface area contributed by atoms with Crippen LogP contribution in [0.3, 0.4) is 0 Å². The van der Waals surface area contributed by atoms with Gasteiger partial charge in [-0.25, -0.2) is 0 Å². The Morgan fingerprint density at radius 1 is 1.27 bits per heavy atom. The van der Waals surface area contributed by atoms with Crippen molar-refractivity contribution in [2.45, 2.75) is 66.0 Å². The number of halogens is 2. The van der Waals surface area contributed by atoms with E-state index in [9.17, 15) is 4.79 Å². The van der Waals surface area contributed by atoms with E-state index in [0.717, 1.165) is 19.0 Å². The maximum Gasteiger partial charge on any atom is 0.237 e. The monoisotopic (exact) mass is 355 g/mol. The normalized spacial score (nSPS) is 21.3. The van der Waals surface area contributed by atoms with E-state index in [1.807, 2.05) is 20.8 Å². The highest BCUT2D eigenvalue weighted by molar-refractivity contribution is 5.85. The molecular weight excluding hydrogens is 321 g/mol. The van der Waals surface area contributed by atoms with E-state index >= 15 is 0 Å². The number of hydrogen-bond acceptors (Lipinski definition) is 3. The molecule has 1 unspecified atom stereocenters. The summed E-state index contributed by atoms with van der Waals surface area (Å²) < 4.78 is 0. The van der Waals surface area contributed by atoms with Crippen molar-refractivity contribution in [3.63, 3.8) is 0 Å². The molecule has 0 radical (unpaired) electrons. The fourth-order valence-corrected chi connectivity index (χ4v) is 2.66. The molecule has 0 aliphatic carbocycles. The number of carbonyl (C=O) groups is 1. The fraction of sp³-hybridized carbons (Fsp3) is 0.938. The molecule has 134 valence electrons. The van der Waals surface area contributed by atoms with Crippen molar-refractivity contribution in [3.8, 4) is 0 Å². The first kappa shape index (κ1) is 24.2. The van der Waals surface area contributed by atoms with Gasteiger partial charge in [0.1, 0.15) is 0 Å². The van der Waals surface area contributed by atoms with Crippen LogP contribution >= 0.6 is 24.8 Å². The van der Waals surface area contributed by atoms with Crippen molar-refractivity contribution >= 4 is 30.7 Å². The van der Waals surface area contributed by atoms with Crippen LogP contribution in [0.1, 0.15) is 54.4 Å². The fourth-order valence-electron chi connectivity index (χ4n) is 2.66. The molecule has 3 N–H and O–H groups in total. The summed E-state index contributed by atoms with van der Waals surface area (Å²) in [4.78, 5) is 14.6. The first-order valence-corrected chi connectivity index (χ1v) is 7.82. The molecule has 0 aromatic heterocycles. The molecule has 0 aromatic carbocycles. The van der Waals surface area contributed by atoms with Crippen LogP contribution < -0.4 is 11.1 Å². The molecule has 1 fully saturated rings. The molecule has 1 aliphatic rings. The Morgan fingerprint density at radius 2 is 1.82 bits per heavy atom. The van der Waals surface area contributed by atoms with Gasteiger partial charge in [0.05, 0.1) is 6.04 Å². The number of amides is 1. The summed E-state index contributed by atoms with van der Waals surface area (Å²) >= 11 is 0. The first-order valence-electron chi connectivity index (χ1n) is 7.82. The number of likely N-dealkylation sites (tertiary alicyclic amines) is 1. The molecule has 2 atom stereocenters. The van der Waals surface area contributed by atoms with Crippen molar-refractivity contribution in [1.82, 2.24) is 10.2 Å². The average molecular weight is 356 g/mol. The van der Waals surface area contributed by atoms with Gasteiger partial charge in [0.15, 0.2) is 0 Å². The van der Waals surface area contributed by atoms with Crippen LogP contribution in [0, 0.1) is 11.3 Å². The van der Waals surface area contributed by atoms with Crippen LogP contribution in [0.15, 0.2) is 0 Å². The predicted octanol–water partition coefficient (Wildman–Crippen LogP) is 2.83. The second-order valence-electron chi connectivity index (χ2n) is 8.07. The maximum absolute atomic E-state index is 12.1. The smallest absolute Gasteiger partial charge is 0.237 e. The van der Waals surface area contributed by atoms with E-state index in [0.29, 0.717) is 6.54 Å². The Labute approximate surface area is 148 Å². The Balaban J connectivity index is 0. The SMILES string of the molecule is CC1CCCN(C(C)(C)CNC(=O)[C@@H](N)C(C)(C)C)C1.Cl.Cl. The summed E-state index contributed by atoms with van der Waals surface area (Å²) in [7, 11) is 0. The minimum atomic E-state index is -0.460. The molecule has 4 nitrogen and oxygen atoms in total. The minimum Gasteiger partial charge on any atom is -0.353 e. The Bertz CT molecular complexity index is 343. The van der Waals surface area contributed by atoms with Gasteiger partial charge >= 0.3 is 0 Å². The van der Waals surface area contributed by atoms with E-state index < -0.39 is 6.04 Å². The molecule has 0 aromatic rings. The summed E-state index contributed by atoms with van der Waals surface area (Å²) in [5.41, 5.74) is 5.79. The second kappa shape index (κ2) is 9.31. The molecule has 1 heterocycles. The quantitative estimate of drug-likeness (QED) is 0.814. The highest BCUT2D eigenvalue weighted by Crippen LogP contribution is 2.23. The summed E-state index contributed by atoms with van der Waals surface area (Å²) in [6, 6.07) is -0.460. The highest BCUT2D eigenvalue weighted by atomic mass is 35.5. The number of piperidine rings is 1. The third-order valence-electron chi connectivity index (χ3n) is 4.42. The number of rotatable bonds is 4. The standard InChI is InChI=1S/C16H33N3O.2ClH/c1-12-8-7-9-19(10-12)16(5,6)11-18-14(20)13(17)15(2,3)4;;/h12-13H,7-11,17H2,1-6H3,(H,18,20);2*1H/t12?,13-;;/m1../s1. The van der Waals surface area contributed by atoms with Gasteiger partial charge in [-0.1, -0.05) is 27.7 Å². The van der Waals surface area contributed by atoms with Crippen molar-refractivity contribution in [2.75, 3.05) is 19.6 Å². The third-order valence-corrected chi connectivity index (χ3v) is 4.42. The van der Waals surface area contributed by atoms with Crippen molar-refractivity contribution in [1.29, 1.82) is 0 Å². The zero-order valence-electron chi connectivity index (χ0n) is 14.9. The maximum atomic E-state index is 12.1. The van der Waals surface area contributed by atoms with Crippen LogP contribution in [0.25, 0.3) is 0 Å². The molecule has 0 spiro atoms. The lowest BCUT2D eigenvalue weighted by Crippen LogP contribution is -2.57. The molecule has 1 aliphatic heterocycles. The summed E-state index contributed by atoms with van der Waals surface area (Å²) in [5, 5.41) is 3.04. The topological polar surface area (TPSA) is 58.4 Å². The molecule has 6 heteroatoms. The number of nitrogens with zero attached hydrogens (tertiary/aromatic N) is 1. The number of carbonyl (C=O) groups excluding carboxylic acids is 1. The molecular formula is C16H35Cl2N3O. The predicted molar refractivity (Wildman–Crippen MR) is 99.0 cm³/mol. The van der Waals surface area contributed by atoms with Crippen molar-refractivity contribution in [2.24, 2.45) is 17.1 Å². The third kappa shape index (κ3) is 7.03. The number of hydrogen-bond donors (Lipinski definition) is 2. The zero-order valence-corrected chi connectivity index (χ0v) is 16.6. The van der Waals surface area contributed by atoms with Gasteiger partial charge in [-0.15, -0.1) is 24.8 Å². The number of nitrogens with two attached hydrogens (primary N) is 1. The number of nitrogens with one attached hydrogen (secondary N) is 1. The highest BCUT2D eigenvalue weighted by Gasteiger charge is 2.32. The molecule has 1 rings (SSSR count). The van der Waals surface area contributed by atoms with Gasteiger partial charge in [-0.3, -0.25) is 9.69 Å². The summed E-state index contributed by atoms with van der Waals surface area (Å²) in [6.07, 6.45) is 2.56. The van der Waals surface area contributed by atoms with Gasteiger partial charge in [-0.2, -0.15) is 0 Å². The van der Waals surface area contributed by atoms with Crippen LogP contribution in [-0.4, -0.2) is 42.0 Å². The van der Waals surface area contributed by atoms with Crippen LogP contribution in [0.4, 0.5) is 0 Å².